The second-order valence-corrected chi connectivity index (χ2v) is 7.65. The molecule has 0 fully saturated rings. The molecule has 3 aromatic heterocycles. The standard InChI is InChI=1S/C19H19F2N7O/c1-19(2,3)12-8-14-17(23-18(12)29-9-16-22-10-27(4)25-16)28(26-24-14)15-7-11(20)5-6-13(15)21/h5-8,10H,9H2,1-4H3. The van der Waals surface area contributed by atoms with E-state index in [9.17, 15) is 8.78 Å². The average Bonchev–Trinajstić information content (AvgIpc) is 3.26. The summed E-state index contributed by atoms with van der Waals surface area (Å²) in [5.41, 5.74) is 1.11. The van der Waals surface area contributed by atoms with Crippen molar-refractivity contribution in [2.24, 2.45) is 7.05 Å². The first-order valence-corrected chi connectivity index (χ1v) is 8.92. The van der Waals surface area contributed by atoms with Crippen LogP contribution in [0.4, 0.5) is 8.78 Å². The van der Waals surface area contributed by atoms with Gasteiger partial charge in [0.2, 0.25) is 5.88 Å². The Kier molecular flexibility index (Phi) is 4.48. The maximum Gasteiger partial charge on any atom is 0.219 e. The van der Waals surface area contributed by atoms with Gasteiger partial charge in [0.05, 0.1) is 0 Å². The third-order valence-electron chi connectivity index (χ3n) is 4.32. The molecule has 0 unspecified atom stereocenters. The zero-order valence-electron chi connectivity index (χ0n) is 16.4. The number of hydrogen-bond donors (Lipinski definition) is 0. The minimum Gasteiger partial charge on any atom is -0.469 e. The molecule has 4 aromatic rings. The van der Waals surface area contributed by atoms with Crippen LogP contribution in [-0.4, -0.2) is 34.7 Å². The summed E-state index contributed by atoms with van der Waals surface area (Å²) >= 11 is 0. The van der Waals surface area contributed by atoms with E-state index in [4.69, 9.17) is 4.74 Å². The number of rotatable bonds is 4. The summed E-state index contributed by atoms with van der Waals surface area (Å²) in [7, 11) is 1.76. The third kappa shape index (κ3) is 3.65. The van der Waals surface area contributed by atoms with Crippen molar-refractivity contribution in [3.8, 4) is 11.6 Å². The van der Waals surface area contributed by atoms with Crippen molar-refractivity contribution in [1.29, 1.82) is 0 Å². The highest BCUT2D eigenvalue weighted by molar-refractivity contribution is 5.74. The molecule has 150 valence electrons. The van der Waals surface area contributed by atoms with Crippen molar-refractivity contribution >= 4 is 11.2 Å². The lowest BCUT2D eigenvalue weighted by atomic mass is 9.87. The second-order valence-electron chi connectivity index (χ2n) is 7.65. The van der Waals surface area contributed by atoms with E-state index < -0.39 is 11.6 Å². The van der Waals surface area contributed by atoms with Gasteiger partial charge in [0.1, 0.15) is 29.2 Å². The van der Waals surface area contributed by atoms with Crippen LogP contribution in [0.2, 0.25) is 0 Å². The van der Waals surface area contributed by atoms with Crippen LogP contribution in [-0.2, 0) is 19.1 Å². The number of aromatic nitrogens is 7. The van der Waals surface area contributed by atoms with Crippen LogP contribution in [0.1, 0.15) is 32.2 Å². The summed E-state index contributed by atoms with van der Waals surface area (Å²) in [5, 5.41) is 12.2. The minimum absolute atomic E-state index is 0.0825. The summed E-state index contributed by atoms with van der Waals surface area (Å²) in [4.78, 5) is 8.67. The van der Waals surface area contributed by atoms with E-state index in [0.717, 1.165) is 28.4 Å². The number of hydrogen-bond acceptors (Lipinski definition) is 6. The minimum atomic E-state index is -0.639. The molecule has 0 saturated heterocycles. The summed E-state index contributed by atoms with van der Waals surface area (Å²) in [6, 6.07) is 4.91. The smallest absolute Gasteiger partial charge is 0.219 e. The summed E-state index contributed by atoms with van der Waals surface area (Å²) in [6.45, 7) is 6.15. The maximum atomic E-state index is 14.3. The Balaban J connectivity index is 1.82. The largest absolute Gasteiger partial charge is 0.469 e. The molecule has 29 heavy (non-hydrogen) atoms. The van der Waals surface area contributed by atoms with Gasteiger partial charge in [0.15, 0.2) is 18.1 Å². The van der Waals surface area contributed by atoms with E-state index in [0.29, 0.717) is 17.2 Å². The number of pyridine rings is 1. The molecule has 0 saturated carbocycles. The normalized spacial score (nSPS) is 11.9. The number of halogens is 2. The molecule has 3 heterocycles. The lowest BCUT2D eigenvalue weighted by Gasteiger charge is -2.21. The lowest BCUT2D eigenvalue weighted by molar-refractivity contribution is 0.276. The molecule has 8 nitrogen and oxygen atoms in total. The fourth-order valence-corrected chi connectivity index (χ4v) is 2.88. The van der Waals surface area contributed by atoms with E-state index in [2.05, 4.69) is 25.4 Å². The molecule has 0 spiro atoms. The summed E-state index contributed by atoms with van der Waals surface area (Å²) < 4.78 is 36.6. The molecule has 0 aliphatic carbocycles. The van der Waals surface area contributed by atoms with Gasteiger partial charge in [-0.05, 0) is 23.6 Å². The Hall–Kier alpha value is -3.43. The first-order valence-electron chi connectivity index (χ1n) is 8.92. The van der Waals surface area contributed by atoms with Crippen LogP contribution in [0, 0.1) is 11.6 Å². The van der Waals surface area contributed by atoms with E-state index in [1.54, 1.807) is 24.1 Å². The van der Waals surface area contributed by atoms with E-state index in [1.165, 1.54) is 0 Å². The summed E-state index contributed by atoms with van der Waals surface area (Å²) in [6.07, 6.45) is 1.58. The molecule has 0 bridgehead atoms. The van der Waals surface area contributed by atoms with Crippen molar-refractivity contribution < 1.29 is 13.5 Å². The van der Waals surface area contributed by atoms with E-state index >= 15 is 0 Å². The van der Waals surface area contributed by atoms with Crippen LogP contribution in [0.15, 0.2) is 30.6 Å². The highest BCUT2D eigenvalue weighted by atomic mass is 19.1. The average molecular weight is 399 g/mol. The second kappa shape index (κ2) is 6.87. The van der Waals surface area contributed by atoms with Gasteiger partial charge in [-0.3, -0.25) is 4.68 Å². The molecule has 4 rings (SSSR count). The Morgan fingerprint density at radius 3 is 2.62 bits per heavy atom. The van der Waals surface area contributed by atoms with Gasteiger partial charge in [-0.1, -0.05) is 26.0 Å². The van der Waals surface area contributed by atoms with Crippen molar-refractivity contribution in [2.75, 3.05) is 0 Å². The van der Waals surface area contributed by atoms with Crippen LogP contribution < -0.4 is 4.74 Å². The Bertz CT molecular complexity index is 1190. The fraction of sp³-hybridized carbons (Fsp3) is 0.316. The van der Waals surface area contributed by atoms with E-state index in [-0.39, 0.29) is 23.4 Å². The van der Waals surface area contributed by atoms with Crippen LogP contribution in [0.5, 0.6) is 5.88 Å². The zero-order valence-corrected chi connectivity index (χ0v) is 16.4. The molecular formula is C19H19F2N7O. The van der Waals surface area contributed by atoms with Gasteiger partial charge < -0.3 is 4.74 Å². The van der Waals surface area contributed by atoms with Gasteiger partial charge in [0.25, 0.3) is 0 Å². The highest BCUT2D eigenvalue weighted by Crippen LogP contribution is 2.33. The molecule has 0 aliphatic heterocycles. The number of nitrogens with zero attached hydrogens (tertiary/aromatic N) is 7. The van der Waals surface area contributed by atoms with E-state index in [1.807, 2.05) is 20.8 Å². The predicted molar refractivity (Wildman–Crippen MR) is 101 cm³/mol. The molecule has 0 amide bonds. The first kappa shape index (κ1) is 18.9. The maximum absolute atomic E-state index is 14.3. The van der Waals surface area contributed by atoms with Gasteiger partial charge in [0, 0.05) is 18.7 Å². The number of ether oxygens (including phenoxy) is 1. The monoisotopic (exact) mass is 399 g/mol. The van der Waals surface area contributed by atoms with Gasteiger partial charge in [-0.25, -0.2) is 13.8 Å². The molecule has 0 atom stereocenters. The van der Waals surface area contributed by atoms with Gasteiger partial charge in [-0.15, -0.1) is 5.10 Å². The number of benzene rings is 1. The summed E-state index contributed by atoms with van der Waals surface area (Å²) in [5.74, 6) is -0.399. The Morgan fingerprint density at radius 2 is 1.93 bits per heavy atom. The molecular weight excluding hydrogens is 380 g/mol. The predicted octanol–water partition coefficient (Wildman–Crippen LogP) is 3.10. The quantitative estimate of drug-likeness (QED) is 0.524. The van der Waals surface area contributed by atoms with Crippen molar-refractivity contribution in [1.82, 2.24) is 34.7 Å². The van der Waals surface area contributed by atoms with Crippen molar-refractivity contribution in [3.63, 3.8) is 0 Å². The topological polar surface area (TPSA) is 83.5 Å². The highest BCUT2D eigenvalue weighted by Gasteiger charge is 2.24. The Labute approximate surface area is 165 Å². The molecule has 0 radical (unpaired) electrons. The van der Waals surface area contributed by atoms with Crippen LogP contribution in [0.3, 0.4) is 0 Å². The van der Waals surface area contributed by atoms with Crippen LogP contribution >= 0.6 is 0 Å². The fourth-order valence-electron chi connectivity index (χ4n) is 2.88. The molecule has 0 aliphatic rings. The van der Waals surface area contributed by atoms with Crippen molar-refractivity contribution in [3.05, 3.63) is 53.6 Å². The zero-order chi connectivity index (χ0) is 20.8. The molecule has 1 aromatic carbocycles. The third-order valence-corrected chi connectivity index (χ3v) is 4.32. The number of fused-ring (bicyclic) bond motifs is 1. The SMILES string of the molecule is Cn1cnc(COc2nc3c(cc2C(C)(C)C)nnn3-c2cc(F)ccc2F)n1. The first-order chi connectivity index (χ1) is 13.7. The lowest BCUT2D eigenvalue weighted by Crippen LogP contribution is -2.15. The molecule has 0 N–H and O–H groups in total. The Morgan fingerprint density at radius 1 is 1.14 bits per heavy atom. The number of aryl methyl sites for hydroxylation is 1. The van der Waals surface area contributed by atoms with Crippen molar-refractivity contribution in [2.45, 2.75) is 32.8 Å². The molecule has 10 heteroatoms. The van der Waals surface area contributed by atoms with Gasteiger partial charge in [-0.2, -0.15) is 14.8 Å². The van der Waals surface area contributed by atoms with Crippen LogP contribution in [0.25, 0.3) is 16.9 Å². The van der Waals surface area contributed by atoms with Gasteiger partial charge >= 0.3 is 0 Å².